The fraction of sp³-hybridized carbons (Fsp3) is 0.571. The van der Waals surface area contributed by atoms with Gasteiger partial charge in [0.25, 0.3) is 0 Å². The summed E-state index contributed by atoms with van der Waals surface area (Å²) < 4.78 is 20.5. The Kier molecular flexibility index (Phi) is 9.00. The molecule has 14 nitrogen and oxygen atoms in total. The second-order valence-corrected chi connectivity index (χ2v) is 8.06. The van der Waals surface area contributed by atoms with Gasteiger partial charge in [-0.05, 0) is 23.8 Å². The van der Waals surface area contributed by atoms with E-state index in [0.29, 0.717) is 5.56 Å². The van der Waals surface area contributed by atoms with Gasteiger partial charge in [0.15, 0.2) is 24.1 Å². The molecule has 2 aliphatic rings. The average molecular weight is 504 g/mol. The van der Waals surface area contributed by atoms with Gasteiger partial charge in [0.1, 0.15) is 55.4 Å². The number of hydrogen-bond donors (Lipinski definition) is 9. The second-order valence-electron chi connectivity index (χ2n) is 8.06. The molecule has 0 amide bonds. The first-order valence-electron chi connectivity index (χ1n) is 10.6. The Morgan fingerprint density at radius 3 is 2.23 bits per heavy atom. The molecule has 2 heterocycles. The summed E-state index contributed by atoms with van der Waals surface area (Å²) in [6.07, 6.45) is -14.4. The number of aliphatic hydroxyl groups excluding tert-OH is 7. The SMILES string of the molecule is O=C(C=Cc1ccc(O)c(O)c1)OC[C@H]1OC(O)[C@H](OC2O[C@H](CO)[C@@H](O)[C@H](O)[C@H]2O)[C@@H](O)[C@@H]1O. The number of aromatic hydroxyl groups is 2. The molecule has 2 saturated heterocycles. The maximum Gasteiger partial charge on any atom is 0.330 e. The van der Waals surface area contributed by atoms with Crippen molar-refractivity contribution < 1.29 is 69.7 Å². The highest BCUT2D eigenvalue weighted by Gasteiger charge is 2.50. The van der Waals surface area contributed by atoms with E-state index >= 15 is 0 Å². The van der Waals surface area contributed by atoms with E-state index in [4.69, 9.17) is 18.9 Å². The van der Waals surface area contributed by atoms with Gasteiger partial charge >= 0.3 is 5.97 Å². The van der Waals surface area contributed by atoms with E-state index in [1.807, 2.05) is 0 Å². The molecule has 2 aliphatic heterocycles. The van der Waals surface area contributed by atoms with Crippen molar-refractivity contribution in [2.24, 2.45) is 0 Å². The molecule has 35 heavy (non-hydrogen) atoms. The van der Waals surface area contributed by atoms with E-state index in [9.17, 15) is 50.8 Å². The topological polar surface area (TPSA) is 236 Å². The van der Waals surface area contributed by atoms with Crippen LogP contribution in [0.1, 0.15) is 5.56 Å². The first kappa shape index (κ1) is 27.2. The van der Waals surface area contributed by atoms with Crippen molar-refractivity contribution in [3.63, 3.8) is 0 Å². The molecule has 2 unspecified atom stereocenters. The number of phenolic OH excluding ortho intramolecular Hbond substituents is 2. The summed E-state index contributed by atoms with van der Waals surface area (Å²) in [4.78, 5) is 11.9. The molecule has 9 N–H and O–H groups in total. The number of phenols is 2. The van der Waals surface area contributed by atoms with Crippen molar-refractivity contribution in [1.29, 1.82) is 0 Å². The van der Waals surface area contributed by atoms with Crippen LogP contribution in [-0.4, -0.2) is 127 Å². The quantitative estimate of drug-likeness (QED) is 0.0986. The van der Waals surface area contributed by atoms with Crippen molar-refractivity contribution >= 4 is 12.0 Å². The minimum absolute atomic E-state index is 0.334. The number of benzene rings is 1. The van der Waals surface area contributed by atoms with Crippen LogP contribution >= 0.6 is 0 Å². The van der Waals surface area contributed by atoms with Crippen molar-refractivity contribution in [3.8, 4) is 11.5 Å². The predicted molar refractivity (Wildman–Crippen MR) is 111 cm³/mol. The fourth-order valence-electron chi connectivity index (χ4n) is 3.56. The molecule has 3 rings (SSSR count). The first-order chi connectivity index (χ1) is 16.5. The van der Waals surface area contributed by atoms with Gasteiger partial charge in [0, 0.05) is 6.08 Å². The highest BCUT2D eigenvalue weighted by Crippen LogP contribution is 2.29. The molecule has 0 aromatic heterocycles. The van der Waals surface area contributed by atoms with E-state index in [1.165, 1.54) is 24.3 Å². The summed E-state index contributed by atoms with van der Waals surface area (Å²) in [6, 6.07) is 3.85. The van der Waals surface area contributed by atoms with Crippen molar-refractivity contribution in [1.82, 2.24) is 0 Å². The summed E-state index contributed by atoms with van der Waals surface area (Å²) in [5.74, 6) is -1.60. The van der Waals surface area contributed by atoms with Crippen LogP contribution in [0.4, 0.5) is 0 Å². The minimum Gasteiger partial charge on any atom is -0.504 e. The van der Waals surface area contributed by atoms with Gasteiger partial charge in [-0.2, -0.15) is 0 Å². The fourth-order valence-corrected chi connectivity index (χ4v) is 3.56. The van der Waals surface area contributed by atoms with Crippen molar-refractivity contribution in [2.45, 2.75) is 61.4 Å². The van der Waals surface area contributed by atoms with Gasteiger partial charge in [-0.25, -0.2) is 4.79 Å². The summed E-state index contributed by atoms with van der Waals surface area (Å²) in [6.45, 7) is -1.30. The molecule has 0 saturated carbocycles. The van der Waals surface area contributed by atoms with Crippen LogP contribution in [0.15, 0.2) is 24.3 Å². The standard InChI is InChI=1S/C21H28O14/c22-6-11-14(26)16(28)18(30)21(34-11)35-19-17(29)15(27)12(33-20(19)31)7-32-13(25)4-2-8-1-3-9(23)10(24)5-8/h1-5,11-12,14-24,26-31H,6-7H2/t11-,12-,14-,15-,16+,17+,18-,19-,20?,21?/m1/s1. The zero-order valence-corrected chi connectivity index (χ0v) is 18.1. The lowest BCUT2D eigenvalue weighted by molar-refractivity contribution is -0.361. The summed E-state index contributed by atoms with van der Waals surface area (Å²) in [5.41, 5.74) is 0.380. The number of rotatable bonds is 7. The lowest BCUT2D eigenvalue weighted by atomic mass is 9.97. The third-order valence-electron chi connectivity index (χ3n) is 5.60. The number of esters is 1. The minimum atomic E-state index is -1.89. The summed E-state index contributed by atoms with van der Waals surface area (Å²) >= 11 is 0. The maximum atomic E-state index is 11.9. The van der Waals surface area contributed by atoms with E-state index < -0.39 is 80.6 Å². The zero-order valence-electron chi connectivity index (χ0n) is 18.1. The maximum absolute atomic E-state index is 11.9. The number of ether oxygens (including phenoxy) is 4. The van der Waals surface area contributed by atoms with Crippen LogP contribution in [0.5, 0.6) is 11.5 Å². The lowest BCUT2D eigenvalue weighted by Gasteiger charge is -2.45. The Labute approximate surface area is 198 Å². The Balaban J connectivity index is 1.55. The third-order valence-corrected chi connectivity index (χ3v) is 5.60. The highest BCUT2D eigenvalue weighted by molar-refractivity contribution is 5.87. The summed E-state index contributed by atoms with van der Waals surface area (Å²) in [5, 5.41) is 88.6. The Bertz CT molecular complexity index is 891. The molecule has 2 fully saturated rings. The monoisotopic (exact) mass is 504 g/mol. The van der Waals surface area contributed by atoms with Crippen molar-refractivity contribution in [3.05, 3.63) is 29.8 Å². The number of hydrogen-bond acceptors (Lipinski definition) is 14. The summed E-state index contributed by atoms with van der Waals surface area (Å²) in [7, 11) is 0. The normalized spacial score (nSPS) is 37.9. The van der Waals surface area contributed by atoms with E-state index in [2.05, 4.69) is 0 Å². The Morgan fingerprint density at radius 2 is 1.57 bits per heavy atom. The van der Waals surface area contributed by atoms with Crippen LogP contribution in [-0.2, 0) is 23.7 Å². The van der Waals surface area contributed by atoms with Gasteiger partial charge < -0.3 is 64.9 Å². The zero-order chi connectivity index (χ0) is 25.9. The molecule has 196 valence electrons. The lowest BCUT2D eigenvalue weighted by Crippen LogP contribution is -2.64. The Hall–Kier alpha value is -2.37. The first-order valence-corrected chi connectivity index (χ1v) is 10.6. The van der Waals surface area contributed by atoms with Crippen LogP contribution in [0.2, 0.25) is 0 Å². The van der Waals surface area contributed by atoms with Crippen LogP contribution in [0, 0.1) is 0 Å². The molecular weight excluding hydrogens is 476 g/mol. The van der Waals surface area contributed by atoms with Crippen LogP contribution in [0.25, 0.3) is 6.08 Å². The Morgan fingerprint density at radius 1 is 0.886 bits per heavy atom. The molecule has 0 bridgehead atoms. The molecule has 0 aliphatic carbocycles. The van der Waals surface area contributed by atoms with E-state index in [1.54, 1.807) is 0 Å². The third kappa shape index (κ3) is 6.25. The molecule has 0 spiro atoms. The van der Waals surface area contributed by atoms with E-state index in [-0.39, 0.29) is 11.5 Å². The van der Waals surface area contributed by atoms with Gasteiger partial charge in [-0.1, -0.05) is 6.07 Å². The van der Waals surface area contributed by atoms with Crippen LogP contribution < -0.4 is 0 Å². The molecular formula is C21H28O14. The predicted octanol–water partition coefficient (Wildman–Crippen LogP) is -3.72. The molecule has 14 heteroatoms. The molecule has 1 aromatic rings. The number of carbonyl (C=O) groups excluding carboxylic acids is 1. The van der Waals surface area contributed by atoms with Gasteiger partial charge in [-0.15, -0.1) is 0 Å². The number of aliphatic hydroxyl groups is 7. The van der Waals surface area contributed by atoms with Gasteiger partial charge in [-0.3, -0.25) is 0 Å². The van der Waals surface area contributed by atoms with Gasteiger partial charge in [0.05, 0.1) is 6.61 Å². The van der Waals surface area contributed by atoms with E-state index in [0.717, 1.165) is 6.08 Å². The average Bonchev–Trinajstić information content (AvgIpc) is 2.83. The van der Waals surface area contributed by atoms with Crippen molar-refractivity contribution in [2.75, 3.05) is 13.2 Å². The van der Waals surface area contributed by atoms with Crippen LogP contribution in [0.3, 0.4) is 0 Å². The number of carbonyl (C=O) groups is 1. The molecule has 1 aromatic carbocycles. The highest BCUT2D eigenvalue weighted by atomic mass is 16.7. The molecule has 0 radical (unpaired) electrons. The largest absolute Gasteiger partial charge is 0.504 e. The smallest absolute Gasteiger partial charge is 0.330 e. The van der Waals surface area contributed by atoms with Gasteiger partial charge in [0.2, 0.25) is 0 Å². The second kappa shape index (κ2) is 11.6. The molecule has 10 atom stereocenters.